The molecule has 1 aliphatic rings. The maximum absolute atomic E-state index is 12.8. The van der Waals surface area contributed by atoms with Gasteiger partial charge in [-0.25, -0.2) is 9.97 Å². The largest absolute Gasteiger partial charge is 0.357 e. The Bertz CT molecular complexity index is 1120. The van der Waals surface area contributed by atoms with Gasteiger partial charge in [-0.15, -0.1) is 0 Å². The number of nitriles is 1. The first-order valence-electron chi connectivity index (χ1n) is 9.01. The molecule has 0 bridgehead atoms. The molecule has 1 fully saturated rings. The highest BCUT2D eigenvalue weighted by molar-refractivity contribution is 6.06. The molecular weight excluding hydrogens is 358 g/mol. The van der Waals surface area contributed by atoms with E-state index in [1.54, 1.807) is 25.5 Å². The predicted molar refractivity (Wildman–Crippen MR) is 103 cm³/mol. The summed E-state index contributed by atoms with van der Waals surface area (Å²) in [4.78, 5) is 38.3. The number of hydrogen-bond acceptors (Lipinski definition) is 6. The second-order valence-corrected chi connectivity index (χ2v) is 6.84. The van der Waals surface area contributed by atoms with Gasteiger partial charge >= 0.3 is 0 Å². The molecule has 2 N–H and O–H groups in total. The molecule has 0 radical (unpaired) electrons. The molecule has 1 amide bonds. The summed E-state index contributed by atoms with van der Waals surface area (Å²) >= 11 is 0. The summed E-state index contributed by atoms with van der Waals surface area (Å²) in [5, 5.41) is 12.5. The van der Waals surface area contributed by atoms with Crippen LogP contribution in [0.1, 0.15) is 28.8 Å². The Morgan fingerprint density at radius 2 is 2.04 bits per heavy atom. The molecule has 3 aromatic heterocycles. The summed E-state index contributed by atoms with van der Waals surface area (Å²) in [5.41, 5.74) is 1.19. The fraction of sp³-hybridized carbons (Fsp3) is 0.316. The SMILES string of the molecule is Cn1cc(C(=O)NC2CCN(c3ncc(C#N)cn3)CC2)c2cc[nH]c2c1=O. The Morgan fingerprint density at radius 1 is 1.32 bits per heavy atom. The van der Waals surface area contributed by atoms with Crippen molar-refractivity contribution in [3.63, 3.8) is 0 Å². The number of anilines is 1. The third-order valence-electron chi connectivity index (χ3n) is 5.02. The van der Waals surface area contributed by atoms with Gasteiger partial charge in [-0.05, 0) is 18.9 Å². The fourth-order valence-electron chi connectivity index (χ4n) is 3.48. The zero-order valence-corrected chi connectivity index (χ0v) is 15.3. The Labute approximate surface area is 160 Å². The number of aromatic amines is 1. The van der Waals surface area contributed by atoms with Crippen LogP contribution in [0.25, 0.3) is 10.9 Å². The normalized spacial score (nSPS) is 14.8. The zero-order chi connectivity index (χ0) is 19.7. The minimum atomic E-state index is -0.187. The van der Waals surface area contributed by atoms with Crippen LogP contribution in [-0.2, 0) is 7.05 Å². The standard InChI is InChI=1S/C19H19N7O2/c1-25-11-15(14-2-5-21-16(14)18(25)28)17(27)24-13-3-6-26(7-4-13)19-22-9-12(8-20)10-23-19/h2,5,9-11,13,21H,3-4,6-7H2,1H3,(H,24,27). The van der Waals surface area contributed by atoms with Crippen molar-refractivity contribution < 1.29 is 4.79 Å². The molecular formula is C19H19N7O2. The molecule has 4 rings (SSSR count). The number of rotatable bonds is 3. The molecule has 0 atom stereocenters. The molecule has 9 nitrogen and oxygen atoms in total. The van der Waals surface area contributed by atoms with Gasteiger partial charge in [0.15, 0.2) is 0 Å². The molecule has 9 heteroatoms. The van der Waals surface area contributed by atoms with E-state index in [0.29, 0.717) is 41.1 Å². The zero-order valence-electron chi connectivity index (χ0n) is 15.3. The summed E-state index contributed by atoms with van der Waals surface area (Å²) in [6.45, 7) is 1.42. The topological polar surface area (TPSA) is 120 Å². The van der Waals surface area contributed by atoms with Crippen LogP contribution in [0.4, 0.5) is 5.95 Å². The number of fused-ring (bicyclic) bond motifs is 1. The van der Waals surface area contributed by atoms with E-state index in [2.05, 4.69) is 20.3 Å². The molecule has 28 heavy (non-hydrogen) atoms. The minimum absolute atomic E-state index is 0.0355. The van der Waals surface area contributed by atoms with Gasteiger partial charge in [0.2, 0.25) is 5.95 Å². The third kappa shape index (κ3) is 3.20. The molecule has 0 unspecified atom stereocenters. The second-order valence-electron chi connectivity index (χ2n) is 6.84. The quantitative estimate of drug-likeness (QED) is 0.701. The van der Waals surface area contributed by atoms with Crippen LogP contribution in [0, 0.1) is 11.3 Å². The van der Waals surface area contributed by atoms with E-state index in [0.717, 1.165) is 12.8 Å². The summed E-state index contributed by atoms with van der Waals surface area (Å²) in [5.74, 6) is 0.407. The van der Waals surface area contributed by atoms with Gasteiger partial charge in [0, 0.05) is 44.0 Å². The number of carbonyl (C=O) groups excluding carboxylic acids is 1. The smallest absolute Gasteiger partial charge is 0.274 e. The Kier molecular flexibility index (Phi) is 4.53. The van der Waals surface area contributed by atoms with Gasteiger partial charge in [0.05, 0.1) is 23.5 Å². The third-order valence-corrected chi connectivity index (χ3v) is 5.02. The molecule has 3 aromatic rings. The van der Waals surface area contributed by atoms with Gasteiger partial charge in [0.1, 0.15) is 11.6 Å². The van der Waals surface area contributed by atoms with Crippen molar-refractivity contribution in [3.8, 4) is 6.07 Å². The van der Waals surface area contributed by atoms with E-state index in [-0.39, 0.29) is 17.5 Å². The average Bonchev–Trinajstić information content (AvgIpc) is 3.21. The number of H-pyrrole nitrogens is 1. The van der Waals surface area contributed by atoms with Crippen molar-refractivity contribution in [1.82, 2.24) is 24.8 Å². The lowest BCUT2D eigenvalue weighted by Crippen LogP contribution is -2.45. The Morgan fingerprint density at radius 3 is 2.71 bits per heavy atom. The predicted octanol–water partition coefficient (Wildman–Crippen LogP) is 0.927. The van der Waals surface area contributed by atoms with E-state index in [1.807, 2.05) is 11.0 Å². The lowest BCUT2D eigenvalue weighted by Gasteiger charge is -2.32. The highest BCUT2D eigenvalue weighted by Gasteiger charge is 2.24. The first-order valence-corrected chi connectivity index (χ1v) is 9.01. The molecule has 0 spiro atoms. The summed E-state index contributed by atoms with van der Waals surface area (Å²) in [6.07, 6.45) is 7.79. The highest BCUT2D eigenvalue weighted by Crippen LogP contribution is 2.18. The lowest BCUT2D eigenvalue weighted by molar-refractivity contribution is 0.0932. The lowest BCUT2D eigenvalue weighted by atomic mass is 10.0. The number of nitrogens with one attached hydrogen (secondary N) is 2. The fourth-order valence-corrected chi connectivity index (χ4v) is 3.48. The number of pyridine rings is 1. The Hall–Kier alpha value is -3.67. The number of hydrogen-bond donors (Lipinski definition) is 2. The van der Waals surface area contributed by atoms with Crippen molar-refractivity contribution in [2.75, 3.05) is 18.0 Å². The molecule has 0 saturated carbocycles. The first kappa shape index (κ1) is 17.7. The van der Waals surface area contributed by atoms with Crippen LogP contribution in [0.2, 0.25) is 0 Å². The van der Waals surface area contributed by atoms with Crippen LogP contribution in [0.5, 0.6) is 0 Å². The first-order chi connectivity index (χ1) is 13.6. The molecule has 0 aromatic carbocycles. The van der Waals surface area contributed by atoms with Gasteiger partial charge in [-0.3, -0.25) is 9.59 Å². The average molecular weight is 377 g/mol. The van der Waals surface area contributed by atoms with Crippen LogP contribution in [-0.4, -0.2) is 44.6 Å². The molecule has 0 aliphatic carbocycles. The van der Waals surface area contributed by atoms with E-state index in [4.69, 9.17) is 5.26 Å². The number of carbonyl (C=O) groups is 1. The van der Waals surface area contributed by atoms with E-state index >= 15 is 0 Å². The number of nitrogens with zero attached hydrogens (tertiary/aromatic N) is 5. The van der Waals surface area contributed by atoms with Crippen molar-refractivity contribution in [1.29, 1.82) is 5.26 Å². The van der Waals surface area contributed by atoms with Gasteiger partial charge < -0.3 is 19.8 Å². The highest BCUT2D eigenvalue weighted by atomic mass is 16.2. The van der Waals surface area contributed by atoms with Crippen LogP contribution >= 0.6 is 0 Å². The molecule has 4 heterocycles. The number of piperidine rings is 1. The Balaban J connectivity index is 1.43. The van der Waals surface area contributed by atoms with Crippen molar-refractivity contribution in [2.45, 2.75) is 18.9 Å². The van der Waals surface area contributed by atoms with Gasteiger partial charge in [-0.2, -0.15) is 5.26 Å². The van der Waals surface area contributed by atoms with Crippen LogP contribution in [0.15, 0.2) is 35.6 Å². The number of aryl methyl sites for hydroxylation is 1. The van der Waals surface area contributed by atoms with Crippen molar-refractivity contribution in [2.24, 2.45) is 7.05 Å². The van der Waals surface area contributed by atoms with Crippen LogP contribution in [0.3, 0.4) is 0 Å². The second kappa shape index (κ2) is 7.15. The van der Waals surface area contributed by atoms with Gasteiger partial charge in [-0.1, -0.05) is 0 Å². The molecule has 1 aliphatic heterocycles. The van der Waals surface area contributed by atoms with Crippen molar-refractivity contribution >= 4 is 22.8 Å². The summed E-state index contributed by atoms with van der Waals surface area (Å²) in [7, 11) is 1.63. The molecule has 1 saturated heterocycles. The van der Waals surface area contributed by atoms with Crippen molar-refractivity contribution in [3.05, 3.63) is 52.3 Å². The van der Waals surface area contributed by atoms with E-state index < -0.39 is 0 Å². The van der Waals surface area contributed by atoms with Crippen LogP contribution < -0.4 is 15.8 Å². The minimum Gasteiger partial charge on any atom is -0.357 e. The summed E-state index contributed by atoms with van der Waals surface area (Å²) in [6, 6.07) is 3.79. The molecule has 142 valence electrons. The van der Waals surface area contributed by atoms with E-state index in [1.165, 1.54) is 17.0 Å². The van der Waals surface area contributed by atoms with E-state index in [9.17, 15) is 9.59 Å². The summed E-state index contributed by atoms with van der Waals surface area (Å²) < 4.78 is 1.42. The maximum Gasteiger partial charge on any atom is 0.274 e. The maximum atomic E-state index is 12.8. The van der Waals surface area contributed by atoms with Gasteiger partial charge in [0.25, 0.3) is 11.5 Å². The monoisotopic (exact) mass is 377 g/mol. The number of aromatic nitrogens is 4. The number of amides is 1.